The van der Waals surface area contributed by atoms with Gasteiger partial charge in [-0.05, 0) is 76.8 Å². The van der Waals surface area contributed by atoms with Crippen LogP contribution in [0.5, 0.6) is 0 Å². The number of hydrogen-bond donors (Lipinski definition) is 0. The minimum absolute atomic E-state index is 0.875. The van der Waals surface area contributed by atoms with Crippen LogP contribution in [-0.4, -0.2) is 19.1 Å². The molecule has 0 aliphatic carbocycles. The van der Waals surface area contributed by atoms with E-state index in [4.69, 9.17) is 9.97 Å². The molecule has 0 fully saturated rings. The summed E-state index contributed by atoms with van der Waals surface area (Å²) in [5.41, 5.74) is 12.6. The molecule has 0 saturated carbocycles. The number of nitrogens with zero attached hydrogens (tertiary/aromatic N) is 4. The zero-order valence-corrected chi connectivity index (χ0v) is 30.3. The van der Waals surface area contributed by atoms with Gasteiger partial charge in [-0.2, -0.15) is 0 Å². The summed E-state index contributed by atoms with van der Waals surface area (Å²) in [5.74, 6) is 0. The Hall–Kier alpha value is -7.56. The van der Waals surface area contributed by atoms with Gasteiger partial charge >= 0.3 is 0 Å². The van der Waals surface area contributed by atoms with Crippen LogP contribution in [0, 0.1) is 0 Å². The molecule has 3 aromatic heterocycles. The van der Waals surface area contributed by atoms with E-state index >= 15 is 0 Å². The van der Waals surface area contributed by atoms with E-state index in [1.807, 2.05) is 24.3 Å². The molecule has 9 aromatic carbocycles. The van der Waals surface area contributed by atoms with Gasteiger partial charge in [-0.15, -0.1) is 0 Å². The molecule has 4 nitrogen and oxygen atoms in total. The quantitative estimate of drug-likeness (QED) is 0.182. The maximum atomic E-state index is 5.32. The highest BCUT2D eigenvalue weighted by atomic mass is 15.0. The fourth-order valence-electron chi connectivity index (χ4n) is 9.03. The van der Waals surface area contributed by atoms with Crippen LogP contribution in [0.1, 0.15) is 0 Å². The number of para-hydroxylation sites is 4. The maximum absolute atomic E-state index is 5.32. The number of fused-ring (bicyclic) bond motifs is 10. The molecule has 3 heterocycles. The Morgan fingerprint density at radius 3 is 1.77 bits per heavy atom. The van der Waals surface area contributed by atoms with Crippen molar-refractivity contribution < 1.29 is 0 Å². The average molecular weight is 713 g/mol. The molecule has 0 saturated heterocycles. The molecular weight excluding hydrogens is 681 g/mol. The van der Waals surface area contributed by atoms with Gasteiger partial charge in [0.15, 0.2) is 0 Å². The number of aromatic nitrogens is 4. The van der Waals surface area contributed by atoms with Gasteiger partial charge < -0.3 is 9.13 Å². The highest BCUT2D eigenvalue weighted by molar-refractivity contribution is 6.26. The second-order valence-corrected chi connectivity index (χ2v) is 14.5. The van der Waals surface area contributed by atoms with Crippen molar-refractivity contribution in [2.24, 2.45) is 0 Å². The first-order valence-electron chi connectivity index (χ1n) is 19.1. The van der Waals surface area contributed by atoms with Gasteiger partial charge in [0.2, 0.25) is 0 Å². The molecule has 0 amide bonds. The molecule has 0 aliphatic rings. The smallest absolute Gasteiger partial charge is 0.0979 e. The molecule has 0 atom stereocenters. The number of hydrogen-bond acceptors (Lipinski definition) is 2. The SMILES string of the molecule is c1ccc(-c2nc3ccccc3nc2-c2ccc(-n3c4cc5c(cc4c4c6ccccc6ccc43)c3ccccc3n5-c3ccccc3)c3ccccc23)cc1. The Kier molecular flexibility index (Phi) is 6.60. The van der Waals surface area contributed by atoms with Crippen molar-refractivity contribution in [3.8, 4) is 33.9 Å². The minimum Gasteiger partial charge on any atom is -0.309 e. The van der Waals surface area contributed by atoms with Crippen molar-refractivity contribution in [2.45, 2.75) is 0 Å². The molecule has 0 bridgehead atoms. The molecule has 56 heavy (non-hydrogen) atoms. The van der Waals surface area contributed by atoms with Crippen molar-refractivity contribution in [3.05, 3.63) is 194 Å². The van der Waals surface area contributed by atoms with Crippen molar-refractivity contribution in [1.29, 1.82) is 0 Å². The van der Waals surface area contributed by atoms with Crippen LogP contribution < -0.4 is 0 Å². The molecule has 0 unspecified atom stereocenters. The Balaban J connectivity index is 1.20. The van der Waals surface area contributed by atoms with Crippen LogP contribution in [-0.2, 0) is 0 Å². The van der Waals surface area contributed by atoms with Gasteiger partial charge in [0.05, 0.1) is 50.2 Å². The third-order valence-corrected chi connectivity index (χ3v) is 11.5. The Labute approximate surface area is 322 Å². The summed E-state index contributed by atoms with van der Waals surface area (Å²) in [4.78, 5) is 10.5. The Morgan fingerprint density at radius 2 is 0.964 bits per heavy atom. The lowest BCUT2D eigenvalue weighted by Gasteiger charge is -2.17. The fraction of sp³-hybridized carbons (Fsp3) is 0. The molecule has 0 radical (unpaired) electrons. The molecule has 0 N–H and O–H groups in total. The second kappa shape index (κ2) is 12.0. The highest BCUT2D eigenvalue weighted by Crippen LogP contribution is 2.44. The molecule has 12 rings (SSSR count). The lowest BCUT2D eigenvalue weighted by atomic mass is 9.96. The topological polar surface area (TPSA) is 35.6 Å². The number of benzene rings is 9. The molecular formula is C52H32N4. The van der Waals surface area contributed by atoms with Crippen LogP contribution in [0.3, 0.4) is 0 Å². The zero-order valence-electron chi connectivity index (χ0n) is 30.3. The normalized spacial score (nSPS) is 11.9. The van der Waals surface area contributed by atoms with Crippen LogP contribution in [0.15, 0.2) is 194 Å². The van der Waals surface area contributed by atoms with E-state index in [9.17, 15) is 0 Å². The molecule has 0 spiro atoms. The monoisotopic (exact) mass is 712 g/mol. The first-order valence-corrected chi connectivity index (χ1v) is 19.1. The largest absolute Gasteiger partial charge is 0.309 e. The van der Waals surface area contributed by atoms with Gasteiger partial charge in [-0.1, -0.05) is 133 Å². The number of rotatable bonds is 4. The summed E-state index contributed by atoms with van der Waals surface area (Å²) >= 11 is 0. The van der Waals surface area contributed by atoms with Crippen LogP contribution in [0.25, 0.3) is 110 Å². The first kappa shape index (κ1) is 30.9. The van der Waals surface area contributed by atoms with Crippen LogP contribution in [0.4, 0.5) is 0 Å². The summed E-state index contributed by atoms with van der Waals surface area (Å²) in [5, 5.41) is 9.74. The summed E-state index contributed by atoms with van der Waals surface area (Å²) in [6.45, 7) is 0. The van der Waals surface area contributed by atoms with E-state index < -0.39 is 0 Å². The Bertz CT molecular complexity index is 3520. The van der Waals surface area contributed by atoms with Crippen molar-refractivity contribution in [2.75, 3.05) is 0 Å². The van der Waals surface area contributed by atoms with Gasteiger partial charge in [0, 0.05) is 43.7 Å². The minimum atomic E-state index is 0.875. The summed E-state index contributed by atoms with van der Waals surface area (Å²) in [6, 6.07) is 69.6. The summed E-state index contributed by atoms with van der Waals surface area (Å²) < 4.78 is 4.90. The Morgan fingerprint density at radius 1 is 0.339 bits per heavy atom. The first-order chi connectivity index (χ1) is 27.8. The van der Waals surface area contributed by atoms with Gasteiger partial charge in [0.25, 0.3) is 0 Å². The average Bonchev–Trinajstić information content (AvgIpc) is 3.77. The third kappa shape index (κ3) is 4.47. The predicted molar refractivity (Wildman–Crippen MR) is 234 cm³/mol. The predicted octanol–water partition coefficient (Wildman–Crippen LogP) is 13.5. The van der Waals surface area contributed by atoms with Gasteiger partial charge in [-0.25, -0.2) is 9.97 Å². The lowest BCUT2D eigenvalue weighted by molar-refractivity contribution is 1.17. The van der Waals surface area contributed by atoms with Crippen molar-refractivity contribution in [1.82, 2.24) is 19.1 Å². The highest BCUT2D eigenvalue weighted by Gasteiger charge is 2.22. The van der Waals surface area contributed by atoms with Crippen LogP contribution >= 0.6 is 0 Å². The zero-order chi connectivity index (χ0) is 36.7. The van der Waals surface area contributed by atoms with E-state index in [-0.39, 0.29) is 0 Å². The lowest BCUT2D eigenvalue weighted by Crippen LogP contribution is -1.99. The molecule has 260 valence electrons. The van der Waals surface area contributed by atoms with Crippen molar-refractivity contribution in [3.63, 3.8) is 0 Å². The summed E-state index contributed by atoms with van der Waals surface area (Å²) in [7, 11) is 0. The van der Waals surface area contributed by atoms with Crippen molar-refractivity contribution >= 4 is 76.2 Å². The summed E-state index contributed by atoms with van der Waals surface area (Å²) in [6.07, 6.45) is 0. The molecule has 0 aliphatic heterocycles. The van der Waals surface area contributed by atoms with E-state index in [2.05, 4.69) is 179 Å². The molecule has 12 aromatic rings. The fourth-order valence-corrected chi connectivity index (χ4v) is 9.03. The van der Waals surface area contributed by atoms with Gasteiger partial charge in [-0.3, -0.25) is 0 Å². The maximum Gasteiger partial charge on any atom is 0.0979 e. The second-order valence-electron chi connectivity index (χ2n) is 14.5. The van der Waals surface area contributed by atoms with E-state index in [1.165, 1.54) is 48.9 Å². The standard InChI is InChI=1S/C52H32N4/c1-3-16-34(17-4-1)51-52(54-44-25-13-12-24-43(44)53-51)40-28-30-46(38-22-10-9-21-37(38)40)56-47-29-27-33-15-7-8-20-36(33)50(47)42-31-41-39-23-11-14-26-45(39)55(48(41)32-49(42)56)35-18-5-2-6-19-35/h1-32H. The van der Waals surface area contributed by atoms with E-state index in [1.54, 1.807) is 0 Å². The van der Waals surface area contributed by atoms with Crippen LogP contribution in [0.2, 0.25) is 0 Å². The van der Waals surface area contributed by atoms with E-state index in [0.717, 1.165) is 61.2 Å². The molecule has 4 heteroatoms. The van der Waals surface area contributed by atoms with E-state index in [0.29, 0.717) is 0 Å². The van der Waals surface area contributed by atoms with Gasteiger partial charge in [0.1, 0.15) is 0 Å². The third-order valence-electron chi connectivity index (χ3n) is 11.5.